The van der Waals surface area contributed by atoms with E-state index in [1.165, 1.54) is 16.0 Å². The lowest BCUT2D eigenvalue weighted by Gasteiger charge is -2.09. The van der Waals surface area contributed by atoms with Crippen LogP contribution in [0.25, 0.3) is 0 Å². The van der Waals surface area contributed by atoms with Crippen molar-refractivity contribution in [2.24, 2.45) is 0 Å². The van der Waals surface area contributed by atoms with Crippen molar-refractivity contribution < 1.29 is 9.53 Å². The first kappa shape index (κ1) is 18.4. The zero-order chi connectivity index (χ0) is 17.4. The number of aryl methyl sites for hydroxylation is 1. The van der Waals surface area contributed by atoms with Gasteiger partial charge in [0.2, 0.25) is 0 Å². The maximum atomic E-state index is 11.8. The van der Waals surface area contributed by atoms with E-state index in [-0.39, 0.29) is 12.5 Å². The summed E-state index contributed by atoms with van der Waals surface area (Å²) in [7, 11) is 0. The van der Waals surface area contributed by atoms with Gasteiger partial charge in [0.15, 0.2) is 6.61 Å². The average Bonchev–Trinajstić information content (AvgIpc) is 2.59. The molecule has 0 aliphatic carbocycles. The first-order chi connectivity index (χ1) is 11.5. The van der Waals surface area contributed by atoms with Crippen molar-refractivity contribution in [3.8, 4) is 5.75 Å². The predicted octanol–water partition coefficient (Wildman–Crippen LogP) is 4.41. The lowest BCUT2D eigenvalue weighted by atomic mass is 10.0. The standard InChI is InChI=1S/C20H25NO2S/c1-15(2)17-6-8-18(9-7-17)23-14-20(22)21-12-13-24-19-10-4-16(3)5-11-19/h4-11,15H,12-14H2,1-3H3,(H,21,22). The van der Waals surface area contributed by atoms with Crippen molar-refractivity contribution in [1.29, 1.82) is 0 Å². The minimum absolute atomic E-state index is 0.0518. The van der Waals surface area contributed by atoms with Crippen molar-refractivity contribution in [3.05, 3.63) is 59.7 Å². The number of ether oxygens (including phenoxy) is 1. The fourth-order valence-electron chi connectivity index (χ4n) is 2.14. The summed E-state index contributed by atoms with van der Waals surface area (Å²) in [6, 6.07) is 16.3. The summed E-state index contributed by atoms with van der Waals surface area (Å²) in [6.45, 7) is 7.06. The normalized spacial score (nSPS) is 10.7. The molecule has 0 saturated heterocycles. The van der Waals surface area contributed by atoms with E-state index < -0.39 is 0 Å². The molecule has 2 rings (SSSR count). The Balaban J connectivity index is 1.63. The number of carbonyl (C=O) groups is 1. The smallest absolute Gasteiger partial charge is 0.257 e. The molecule has 1 amide bonds. The van der Waals surface area contributed by atoms with Gasteiger partial charge in [-0.15, -0.1) is 11.8 Å². The predicted molar refractivity (Wildman–Crippen MR) is 101 cm³/mol. The molecule has 0 aliphatic rings. The van der Waals surface area contributed by atoms with Gasteiger partial charge in [0.05, 0.1) is 0 Å². The monoisotopic (exact) mass is 343 g/mol. The van der Waals surface area contributed by atoms with E-state index in [0.29, 0.717) is 12.5 Å². The average molecular weight is 343 g/mol. The second kappa shape index (κ2) is 9.38. The number of nitrogens with one attached hydrogen (secondary N) is 1. The Kier molecular flexibility index (Phi) is 7.19. The highest BCUT2D eigenvalue weighted by Gasteiger charge is 2.04. The van der Waals surface area contributed by atoms with Gasteiger partial charge in [-0.1, -0.05) is 43.7 Å². The minimum atomic E-state index is -0.0903. The number of amides is 1. The van der Waals surface area contributed by atoms with Crippen LogP contribution >= 0.6 is 11.8 Å². The zero-order valence-electron chi connectivity index (χ0n) is 14.5. The number of thioether (sulfide) groups is 1. The molecule has 0 spiro atoms. The molecule has 0 radical (unpaired) electrons. The van der Waals surface area contributed by atoms with Gasteiger partial charge < -0.3 is 10.1 Å². The van der Waals surface area contributed by atoms with Gasteiger partial charge in [-0.05, 0) is 42.7 Å². The van der Waals surface area contributed by atoms with Crippen LogP contribution in [-0.2, 0) is 4.79 Å². The molecule has 2 aromatic carbocycles. The fraction of sp³-hybridized carbons (Fsp3) is 0.350. The number of hydrogen-bond donors (Lipinski definition) is 1. The highest BCUT2D eigenvalue weighted by molar-refractivity contribution is 7.99. The Labute approximate surface area is 148 Å². The third kappa shape index (κ3) is 6.28. The van der Waals surface area contributed by atoms with Crippen molar-refractivity contribution in [2.75, 3.05) is 18.9 Å². The molecule has 128 valence electrons. The Morgan fingerprint density at radius 1 is 1.08 bits per heavy atom. The van der Waals surface area contributed by atoms with Crippen LogP contribution in [0.3, 0.4) is 0 Å². The molecule has 0 heterocycles. The summed E-state index contributed by atoms with van der Waals surface area (Å²) >= 11 is 1.73. The van der Waals surface area contributed by atoms with E-state index in [9.17, 15) is 4.79 Å². The molecule has 0 aromatic heterocycles. The van der Waals surface area contributed by atoms with Gasteiger partial charge in [0, 0.05) is 17.2 Å². The molecule has 0 aliphatic heterocycles. The molecule has 24 heavy (non-hydrogen) atoms. The number of carbonyl (C=O) groups excluding carboxylic acids is 1. The third-order valence-corrected chi connectivity index (χ3v) is 4.64. The largest absolute Gasteiger partial charge is 0.484 e. The molecule has 0 unspecified atom stereocenters. The quantitative estimate of drug-likeness (QED) is 0.570. The molecule has 0 fully saturated rings. The van der Waals surface area contributed by atoms with Crippen molar-refractivity contribution in [2.45, 2.75) is 31.6 Å². The summed E-state index contributed by atoms with van der Waals surface area (Å²) in [4.78, 5) is 13.0. The molecule has 1 N–H and O–H groups in total. The van der Waals surface area contributed by atoms with Crippen molar-refractivity contribution in [3.63, 3.8) is 0 Å². The summed E-state index contributed by atoms with van der Waals surface area (Å²) in [5, 5.41) is 2.88. The van der Waals surface area contributed by atoms with Crippen molar-refractivity contribution >= 4 is 17.7 Å². The SMILES string of the molecule is Cc1ccc(SCCNC(=O)COc2ccc(C(C)C)cc2)cc1. The molecular weight excluding hydrogens is 318 g/mol. The van der Waals surface area contributed by atoms with E-state index in [2.05, 4.69) is 50.4 Å². The maximum absolute atomic E-state index is 11.8. The lowest BCUT2D eigenvalue weighted by Crippen LogP contribution is -2.30. The Morgan fingerprint density at radius 2 is 1.75 bits per heavy atom. The topological polar surface area (TPSA) is 38.3 Å². The minimum Gasteiger partial charge on any atom is -0.484 e. The molecule has 4 heteroatoms. The molecule has 0 atom stereocenters. The molecule has 2 aromatic rings. The molecule has 3 nitrogen and oxygen atoms in total. The van der Waals surface area contributed by atoms with Crippen LogP contribution in [0.1, 0.15) is 30.9 Å². The highest BCUT2D eigenvalue weighted by atomic mass is 32.2. The first-order valence-electron chi connectivity index (χ1n) is 8.23. The fourth-order valence-corrected chi connectivity index (χ4v) is 2.91. The van der Waals surface area contributed by atoms with Crippen LogP contribution < -0.4 is 10.1 Å². The molecule has 0 saturated carbocycles. The summed E-state index contributed by atoms with van der Waals surface area (Å²) in [6.07, 6.45) is 0. The van der Waals surface area contributed by atoms with Gasteiger partial charge in [-0.3, -0.25) is 4.79 Å². The van der Waals surface area contributed by atoms with Crippen molar-refractivity contribution in [1.82, 2.24) is 5.32 Å². The Hall–Kier alpha value is -1.94. The van der Waals surface area contributed by atoms with Gasteiger partial charge in [-0.25, -0.2) is 0 Å². The number of benzene rings is 2. The summed E-state index contributed by atoms with van der Waals surface area (Å²) in [5.74, 6) is 1.97. The highest BCUT2D eigenvalue weighted by Crippen LogP contribution is 2.19. The van der Waals surface area contributed by atoms with E-state index in [0.717, 1.165) is 11.5 Å². The summed E-state index contributed by atoms with van der Waals surface area (Å²) < 4.78 is 5.51. The van der Waals surface area contributed by atoms with Crippen LogP contribution in [0.2, 0.25) is 0 Å². The molecule has 0 bridgehead atoms. The number of rotatable bonds is 8. The Morgan fingerprint density at radius 3 is 2.38 bits per heavy atom. The second-order valence-corrected chi connectivity index (χ2v) is 7.19. The van der Waals surface area contributed by atoms with E-state index in [1.54, 1.807) is 11.8 Å². The molecular formula is C20H25NO2S. The van der Waals surface area contributed by atoms with Gasteiger partial charge in [-0.2, -0.15) is 0 Å². The van der Waals surface area contributed by atoms with E-state index >= 15 is 0 Å². The first-order valence-corrected chi connectivity index (χ1v) is 9.22. The van der Waals surface area contributed by atoms with Crippen LogP contribution in [0, 0.1) is 6.92 Å². The lowest BCUT2D eigenvalue weighted by molar-refractivity contribution is -0.122. The van der Waals surface area contributed by atoms with Crippen LogP contribution in [0.4, 0.5) is 0 Å². The maximum Gasteiger partial charge on any atom is 0.257 e. The summed E-state index contributed by atoms with van der Waals surface area (Å²) in [5.41, 5.74) is 2.52. The zero-order valence-corrected chi connectivity index (χ0v) is 15.4. The van der Waals surface area contributed by atoms with E-state index in [1.807, 2.05) is 24.3 Å². The van der Waals surface area contributed by atoms with Crippen LogP contribution in [0.15, 0.2) is 53.4 Å². The third-order valence-electron chi connectivity index (χ3n) is 3.63. The van der Waals surface area contributed by atoms with E-state index in [4.69, 9.17) is 4.74 Å². The Bertz CT molecular complexity index is 636. The van der Waals surface area contributed by atoms with Crippen LogP contribution in [-0.4, -0.2) is 24.8 Å². The van der Waals surface area contributed by atoms with Gasteiger partial charge in [0.1, 0.15) is 5.75 Å². The van der Waals surface area contributed by atoms with Crippen LogP contribution in [0.5, 0.6) is 5.75 Å². The van der Waals surface area contributed by atoms with Gasteiger partial charge >= 0.3 is 0 Å². The second-order valence-electron chi connectivity index (χ2n) is 6.02. The van der Waals surface area contributed by atoms with Gasteiger partial charge in [0.25, 0.3) is 5.91 Å². The number of hydrogen-bond acceptors (Lipinski definition) is 3.